The molecule has 0 atom stereocenters. The first-order chi connectivity index (χ1) is 16.3. The van der Waals surface area contributed by atoms with Crippen molar-refractivity contribution in [2.45, 2.75) is 52.9 Å². The van der Waals surface area contributed by atoms with Gasteiger partial charge >= 0.3 is 0 Å². The van der Waals surface area contributed by atoms with Gasteiger partial charge in [-0.25, -0.2) is 13.8 Å². The molecule has 0 aromatic heterocycles. The van der Waals surface area contributed by atoms with E-state index in [2.05, 4.69) is 17.0 Å². The summed E-state index contributed by atoms with van der Waals surface area (Å²) in [6, 6.07) is 8.82. The standard InChI is InChI=1S/C22H20ClF2N3OS.2C2H6/c1-4-17-21(20-13(3)7-6-8-15(20)23)22(29)26-12-28(17)27-19(5-2)30-18-10-9-14(24)11-16(18)25;2*1-2/h4,6-11H,1,5,12H2,2-3H3,(H,26,29);2*1-2H3/b27-19+;;. The average Bonchev–Trinajstić information content (AvgIpc) is 2.84. The van der Waals surface area contributed by atoms with Gasteiger partial charge in [0.25, 0.3) is 5.91 Å². The van der Waals surface area contributed by atoms with E-state index in [0.717, 1.165) is 23.4 Å². The maximum atomic E-state index is 14.1. The van der Waals surface area contributed by atoms with Crippen LogP contribution in [-0.4, -0.2) is 22.6 Å². The quantitative estimate of drug-likeness (QED) is 0.255. The Morgan fingerprint density at radius 1 is 1.24 bits per heavy atom. The summed E-state index contributed by atoms with van der Waals surface area (Å²) >= 11 is 7.49. The van der Waals surface area contributed by atoms with E-state index in [1.165, 1.54) is 12.1 Å². The van der Waals surface area contributed by atoms with Crippen molar-refractivity contribution in [2.24, 2.45) is 5.10 Å². The Balaban J connectivity index is 0.00000137. The molecule has 1 N–H and O–H groups in total. The Kier molecular flexibility index (Phi) is 12.6. The molecule has 1 aliphatic rings. The maximum Gasteiger partial charge on any atom is 0.255 e. The smallest absolute Gasteiger partial charge is 0.255 e. The third-order valence-electron chi connectivity index (χ3n) is 4.47. The number of halogens is 3. The molecule has 0 fully saturated rings. The van der Waals surface area contributed by atoms with Crippen molar-refractivity contribution in [2.75, 3.05) is 6.67 Å². The predicted molar refractivity (Wildman–Crippen MR) is 141 cm³/mol. The van der Waals surface area contributed by atoms with Crippen molar-refractivity contribution in [3.05, 3.63) is 82.5 Å². The Morgan fingerprint density at radius 3 is 2.47 bits per heavy atom. The highest BCUT2D eigenvalue weighted by atomic mass is 35.5. The number of carbonyl (C=O) groups is 1. The molecular weight excluding hydrogens is 476 g/mol. The van der Waals surface area contributed by atoms with Crippen molar-refractivity contribution >= 4 is 39.9 Å². The molecule has 0 bridgehead atoms. The minimum Gasteiger partial charge on any atom is -0.333 e. The molecule has 0 saturated heterocycles. The lowest BCUT2D eigenvalue weighted by Crippen LogP contribution is -2.41. The number of nitrogens with one attached hydrogen (secondary N) is 1. The number of hydrogen-bond acceptors (Lipinski definition) is 4. The molecule has 0 unspecified atom stereocenters. The van der Waals surface area contributed by atoms with Crippen LogP contribution in [0.1, 0.15) is 52.2 Å². The monoisotopic (exact) mass is 507 g/mol. The van der Waals surface area contributed by atoms with Gasteiger partial charge in [-0.05, 0) is 43.2 Å². The minimum absolute atomic E-state index is 0.128. The Labute approximate surface area is 210 Å². The van der Waals surface area contributed by atoms with Crippen LogP contribution in [0.5, 0.6) is 0 Å². The second kappa shape index (κ2) is 14.6. The fourth-order valence-corrected chi connectivity index (χ4v) is 4.18. The zero-order valence-corrected chi connectivity index (χ0v) is 22.1. The molecule has 0 spiro atoms. The SMILES string of the molecule is C=CC1=C(c2c(C)cccc2Cl)C(=O)NCN1/N=C(\CC)Sc1ccc(F)cc1F.CC.CC. The predicted octanol–water partition coefficient (Wildman–Crippen LogP) is 7.78. The largest absolute Gasteiger partial charge is 0.333 e. The van der Waals surface area contributed by atoms with Crippen LogP contribution in [-0.2, 0) is 4.79 Å². The van der Waals surface area contributed by atoms with E-state index < -0.39 is 11.6 Å². The summed E-state index contributed by atoms with van der Waals surface area (Å²) in [5.41, 5.74) is 2.33. The van der Waals surface area contributed by atoms with Crippen LogP contribution in [0.3, 0.4) is 0 Å². The summed E-state index contributed by atoms with van der Waals surface area (Å²) in [5.74, 6) is -1.56. The third-order valence-corrected chi connectivity index (χ3v) is 5.94. The summed E-state index contributed by atoms with van der Waals surface area (Å²) in [7, 11) is 0. The van der Waals surface area contributed by atoms with Crippen LogP contribution >= 0.6 is 23.4 Å². The molecule has 1 heterocycles. The zero-order valence-electron chi connectivity index (χ0n) is 20.5. The highest BCUT2D eigenvalue weighted by Crippen LogP contribution is 2.34. The number of aryl methyl sites for hydroxylation is 1. The first-order valence-electron chi connectivity index (χ1n) is 11.2. The number of nitrogens with zero attached hydrogens (tertiary/aromatic N) is 2. The van der Waals surface area contributed by atoms with Gasteiger partial charge < -0.3 is 5.32 Å². The van der Waals surface area contributed by atoms with Gasteiger partial charge in [-0.2, -0.15) is 5.10 Å². The van der Waals surface area contributed by atoms with Gasteiger partial charge in [0, 0.05) is 21.5 Å². The topological polar surface area (TPSA) is 44.7 Å². The van der Waals surface area contributed by atoms with Gasteiger partial charge in [0.15, 0.2) is 0 Å². The molecule has 184 valence electrons. The minimum atomic E-state index is -0.653. The fraction of sp³-hybridized carbons (Fsp3) is 0.308. The summed E-state index contributed by atoms with van der Waals surface area (Å²) in [6.07, 6.45) is 2.06. The summed E-state index contributed by atoms with van der Waals surface area (Å²) < 4.78 is 27.3. The molecule has 1 amide bonds. The number of benzene rings is 2. The van der Waals surface area contributed by atoms with Gasteiger partial charge in [-0.15, -0.1) is 0 Å². The van der Waals surface area contributed by atoms with Gasteiger partial charge in [0.1, 0.15) is 18.3 Å². The second-order valence-electron chi connectivity index (χ2n) is 6.48. The van der Waals surface area contributed by atoms with E-state index >= 15 is 0 Å². The number of allylic oxidation sites excluding steroid dienone is 1. The van der Waals surface area contributed by atoms with Crippen molar-refractivity contribution in [1.29, 1.82) is 0 Å². The van der Waals surface area contributed by atoms with Crippen molar-refractivity contribution < 1.29 is 13.6 Å². The molecule has 0 radical (unpaired) electrons. The Hall–Kier alpha value is -2.64. The zero-order chi connectivity index (χ0) is 25.8. The lowest BCUT2D eigenvalue weighted by Gasteiger charge is -2.30. The Morgan fingerprint density at radius 2 is 1.91 bits per heavy atom. The van der Waals surface area contributed by atoms with Crippen LogP contribution < -0.4 is 5.32 Å². The molecule has 34 heavy (non-hydrogen) atoms. The molecule has 2 aromatic rings. The molecular formula is C26H32ClF2N3OS. The summed E-state index contributed by atoms with van der Waals surface area (Å²) in [4.78, 5) is 13.0. The third kappa shape index (κ3) is 7.18. The number of amides is 1. The lowest BCUT2D eigenvalue weighted by atomic mass is 9.96. The van der Waals surface area contributed by atoms with E-state index in [4.69, 9.17) is 11.6 Å². The van der Waals surface area contributed by atoms with Crippen LogP contribution in [0.15, 0.2) is 64.7 Å². The number of carbonyl (C=O) groups excluding carboxylic acids is 1. The van der Waals surface area contributed by atoms with Gasteiger partial charge in [-0.3, -0.25) is 4.79 Å². The van der Waals surface area contributed by atoms with Crippen LogP contribution in [0.25, 0.3) is 5.57 Å². The number of rotatable bonds is 5. The molecule has 0 aliphatic carbocycles. The molecule has 2 aromatic carbocycles. The van der Waals surface area contributed by atoms with Gasteiger partial charge in [0.05, 0.1) is 16.3 Å². The molecule has 0 saturated carbocycles. The maximum absolute atomic E-state index is 14.1. The number of thioether (sulfide) groups is 1. The average molecular weight is 508 g/mol. The van der Waals surface area contributed by atoms with Crippen molar-refractivity contribution in [1.82, 2.24) is 10.3 Å². The summed E-state index contributed by atoms with van der Waals surface area (Å²) in [5, 5.41) is 10.0. The van der Waals surface area contributed by atoms with E-state index in [9.17, 15) is 13.6 Å². The number of hydrazone groups is 1. The fourth-order valence-electron chi connectivity index (χ4n) is 3.04. The first kappa shape index (κ1) is 29.4. The molecule has 8 heteroatoms. The summed E-state index contributed by atoms with van der Waals surface area (Å²) in [6.45, 7) is 15.7. The molecule has 4 nitrogen and oxygen atoms in total. The van der Waals surface area contributed by atoms with Crippen molar-refractivity contribution in [3.63, 3.8) is 0 Å². The van der Waals surface area contributed by atoms with E-state index in [1.807, 2.05) is 53.7 Å². The van der Waals surface area contributed by atoms with E-state index in [1.54, 1.807) is 17.2 Å². The Bertz CT molecular complexity index is 1050. The second-order valence-corrected chi connectivity index (χ2v) is 8.01. The van der Waals surface area contributed by atoms with Crippen LogP contribution in [0.2, 0.25) is 5.02 Å². The highest BCUT2D eigenvalue weighted by molar-refractivity contribution is 8.14. The van der Waals surface area contributed by atoms with Crippen molar-refractivity contribution in [3.8, 4) is 0 Å². The van der Waals surface area contributed by atoms with Gasteiger partial charge in [0.2, 0.25) is 0 Å². The molecule has 1 aliphatic heterocycles. The normalized spacial score (nSPS) is 13.4. The van der Waals surface area contributed by atoms with E-state index in [0.29, 0.717) is 33.3 Å². The molecule has 3 rings (SSSR count). The van der Waals surface area contributed by atoms with Gasteiger partial charge in [-0.1, -0.05) is 76.7 Å². The van der Waals surface area contributed by atoms with Crippen LogP contribution in [0.4, 0.5) is 8.78 Å². The van der Waals surface area contributed by atoms with E-state index in [-0.39, 0.29) is 17.5 Å². The first-order valence-corrected chi connectivity index (χ1v) is 12.4. The highest BCUT2D eigenvalue weighted by Gasteiger charge is 2.28. The number of hydrogen-bond donors (Lipinski definition) is 1. The van der Waals surface area contributed by atoms with Crippen LogP contribution in [0, 0.1) is 18.6 Å². The lowest BCUT2D eigenvalue weighted by molar-refractivity contribution is -0.116.